The molecule has 2 atom stereocenters. The standard InChI is InChI=1S/C19H18ClN3O2/c1-24-16-8-13-10-19(11-20,12-21)18(22-14-6-4-3-5-7-14)23-15(13)9-17(16)25-2/h3-10,18,22H,11H2,1-2H3. The molecule has 0 radical (unpaired) electrons. The van der Waals surface area contributed by atoms with Gasteiger partial charge in [-0.15, -0.1) is 11.6 Å². The van der Waals surface area contributed by atoms with Crippen LogP contribution in [0.15, 0.2) is 47.5 Å². The number of anilines is 1. The average molecular weight is 356 g/mol. The number of benzene rings is 2. The summed E-state index contributed by atoms with van der Waals surface area (Å²) in [5.41, 5.74) is -0.0948. The van der Waals surface area contributed by atoms with Crippen molar-refractivity contribution in [2.24, 2.45) is 10.4 Å². The van der Waals surface area contributed by atoms with Crippen molar-refractivity contribution in [3.05, 3.63) is 53.0 Å². The van der Waals surface area contributed by atoms with Gasteiger partial charge in [0.15, 0.2) is 11.5 Å². The summed E-state index contributed by atoms with van der Waals surface area (Å²) >= 11 is 6.19. The van der Waals surface area contributed by atoms with Crippen molar-refractivity contribution in [1.29, 1.82) is 5.26 Å². The molecule has 1 aliphatic heterocycles. The maximum absolute atomic E-state index is 9.82. The number of para-hydroxylation sites is 1. The number of nitrogens with one attached hydrogen (secondary N) is 1. The van der Waals surface area contributed by atoms with Gasteiger partial charge in [-0.1, -0.05) is 18.2 Å². The molecule has 5 nitrogen and oxygen atoms in total. The van der Waals surface area contributed by atoms with Crippen LogP contribution in [0.2, 0.25) is 0 Å². The molecule has 1 heterocycles. The van der Waals surface area contributed by atoms with Gasteiger partial charge < -0.3 is 14.8 Å². The molecular formula is C19H18ClN3O2. The zero-order valence-corrected chi connectivity index (χ0v) is 14.7. The molecule has 3 rings (SSSR count). The van der Waals surface area contributed by atoms with E-state index in [1.54, 1.807) is 20.3 Å². The van der Waals surface area contributed by atoms with Gasteiger partial charge in [-0.2, -0.15) is 5.26 Å². The molecule has 128 valence electrons. The van der Waals surface area contributed by atoms with Crippen molar-refractivity contribution in [3.63, 3.8) is 0 Å². The van der Waals surface area contributed by atoms with Crippen LogP contribution in [0.25, 0.3) is 6.08 Å². The summed E-state index contributed by atoms with van der Waals surface area (Å²) in [6, 6.07) is 15.6. The molecule has 0 amide bonds. The van der Waals surface area contributed by atoms with Crippen molar-refractivity contribution in [2.75, 3.05) is 25.4 Å². The Balaban J connectivity index is 2.15. The minimum atomic E-state index is -0.968. The van der Waals surface area contributed by atoms with Crippen LogP contribution in [0.4, 0.5) is 5.69 Å². The molecule has 25 heavy (non-hydrogen) atoms. The Hall–Kier alpha value is -2.71. The highest BCUT2D eigenvalue weighted by atomic mass is 35.5. The minimum Gasteiger partial charge on any atom is -0.493 e. The molecule has 0 spiro atoms. The lowest BCUT2D eigenvalue weighted by molar-refractivity contribution is 0.353. The Kier molecular flexibility index (Phi) is 4.82. The van der Waals surface area contributed by atoms with Crippen molar-refractivity contribution < 1.29 is 9.47 Å². The maximum atomic E-state index is 9.82. The summed E-state index contributed by atoms with van der Waals surface area (Å²) < 4.78 is 10.7. The fourth-order valence-corrected chi connectivity index (χ4v) is 3.09. The third-order valence-electron chi connectivity index (χ3n) is 4.21. The lowest BCUT2D eigenvalue weighted by Gasteiger charge is -2.31. The van der Waals surface area contributed by atoms with Crippen molar-refractivity contribution >= 4 is 23.4 Å². The van der Waals surface area contributed by atoms with E-state index in [1.807, 2.05) is 42.5 Å². The number of alkyl halides is 1. The number of halogens is 1. The first kappa shape index (κ1) is 17.1. The highest BCUT2D eigenvalue weighted by Gasteiger charge is 2.38. The minimum absolute atomic E-state index is 0.116. The number of nitriles is 1. The number of ether oxygens (including phenoxy) is 2. The Bertz CT molecular complexity index is 924. The first-order valence-electron chi connectivity index (χ1n) is 7.77. The van der Waals surface area contributed by atoms with Gasteiger partial charge in [0, 0.05) is 22.9 Å². The predicted molar refractivity (Wildman–Crippen MR) is 97.4 cm³/mol. The number of methoxy groups -OCH3 is 2. The van der Waals surface area contributed by atoms with Gasteiger partial charge in [0.2, 0.25) is 0 Å². The van der Waals surface area contributed by atoms with Crippen LogP contribution in [0.1, 0.15) is 0 Å². The van der Waals surface area contributed by atoms with E-state index in [1.165, 1.54) is 0 Å². The first-order chi connectivity index (χ1) is 12.2. The topological polar surface area (TPSA) is 66.6 Å². The van der Waals surface area contributed by atoms with Crippen LogP contribution in [0.3, 0.4) is 0 Å². The van der Waals surface area contributed by atoms with E-state index in [0.717, 1.165) is 16.3 Å². The second-order valence-electron chi connectivity index (χ2n) is 5.74. The Labute approximate surface area is 151 Å². The quantitative estimate of drug-likeness (QED) is 0.836. The van der Waals surface area contributed by atoms with Crippen LogP contribution in [-0.2, 0) is 0 Å². The van der Waals surface area contributed by atoms with E-state index < -0.39 is 11.6 Å². The summed E-state index contributed by atoms with van der Waals surface area (Å²) in [5, 5.41) is 14.6. The van der Waals surface area contributed by atoms with E-state index in [9.17, 15) is 5.26 Å². The fraction of sp³-hybridized carbons (Fsp3) is 0.263. The van der Waals surface area contributed by atoms with E-state index in [4.69, 9.17) is 26.1 Å². The fourth-order valence-electron chi connectivity index (χ4n) is 2.81. The molecule has 0 saturated carbocycles. The van der Waals surface area contributed by atoms with Crippen molar-refractivity contribution in [2.45, 2.75) is 6.17 Å². The highest BCUT2D eigenvalue weighted by molar-refractivity contribution is 6.19. The zero-order valence-electron chi connectivity index (χ0n) is 14.0. The van der Waals surface area contributed by atoms with Crippen molar-refractivity contribution in [1.82, 2.24) is 0 Å². The van der Waals surface area contributed by atoms with Crippen LogP contribution in [0.5, 0.6) is 11.5 Å². The molecule has 6 heteroatoms. The normalized spacial score (nSPS) is 21.1. The number of hydrogen-bond acceptors (Lipinski definition) is 5. The van der Waals surface area contributed by atoms with Crippen LogP contribution >= 0.6 is 11.6 Å². The predicted octanol–water partition coefficient (Wildman–Crippen LogP) is 2.30. The second-order valence-corrected chi connectivity index (χ2v) is 6.01. The number of rotatable bonds is 5. The van der Waals surface area contributed by atoms with Gasteiger partial charge in [0.05, 0.1) is 25.6 Å². The van der Waals surface area contributed by atoms with Gasteiger partial charge in [-0.05, 0) is 24.3 Å². The number of fused-ring (bicyclic) bond motifs is 1. The Morgan fingerprint density at radius 2 is 1.88 bits per heavy atom. The SMILES string of the molecule is COc1cc2c(cc1OC)=NC(Nc1ccccc1)C(C#N)(CCl)C=2. The highest BCUT2D eigenvalue weighted by Crippen LogP contribution is 2.31. The average Bonchev–Trinajstić information content (AvgIpc) is 2.67. The summed E-state index contributed by atoms with van der Waals surface area (Å²) in [7, 11) is 3.15. The summed E-state index contributed by atoms with van der Waals surface area (Å²) in [6.07, 6.45) is 1.34. The molecule has 0 saturated heterocycles. The van der Waals surface area contributed by atoms with E-state index in [0.29, 0.717) is 11.5 Å². The van der Waals surface area contributed by atoms with Gasteiger partial charge in [-0.3, -0.25) is 4.99 Å². The number of nitrogens with zero attached hydrogens (tertiary/aromatic N) is 2. The van der Waals surface area contributed by atoms with Gasteiger partial charge in [0.1, 0.15) is 11.6 Å². The molecular weight excluding hydrogens is 338 g/mol. The molecule has 0 bridgehead atoms. The molecule has 0 aliphatic carbocycles. The monoisotopic (exact) mass is 355 g/mol. The molecule has 0 fully saturated rings. The molecule has 2 unspecified atom stereocenters. The van der Waals surface area contributed by atoms with Crippen LogP contribution in [-0.4, -0.2) is 26.3 Å². The van der Waals surface area contributed by atoms with Gasteiger partial charge >= 0.3 is 0 Å². The smallest absolute Gasteiger partial charge is 0.162 e. The molecule has 2 aromatic rings. The van der Waals surface area contributed by atoms with Crippen LogP contribution in [0, 0.1) is 16.7 Å². The summed E-state index contributed by atoms with van der Waals surface area (Å²) in [6.45, 7) is 0. The lowest BCUT2D eigenvalue weighted by Crippen LogP contribution is -2.47. The summed E-state index contributed by atoms with van der Waals surface area (Å²) in [5.74, 6) is 1.29. The van der Waals surface area contributed by atoms with E-state index in [-0.39, 0.29) is 5.88 Å². The van der Waals surface area contributed by atoms with E-state index in [2.05, 4.69) is 11.4 Å². The molecule has 1 N–H and O–H groups in total. The second kappa shape index (κ2) is 7.04. The Morgan fingerprint density at radius 1 is 1.20 bits per heavy atom. The molecule has 1 aliphatic rings. The first-order valence-corrected chi connectivity index (χ1v) is 8.31. The third kappa shape index (κ3) is 3.13. The van der Waals surface area contributed by atoms with Crippen LogP contribution < -0.4 is 25.4 Å². The van der Waals surface area contributed by atoms with E-state index >= 15 is 0 Å². The van der Waals surface area contributed by atoms with Gasteiger partial charge in [0.25, 0.3) is 0 Å². The van der Waals surface area contributed by atoms with Crippen molar-refractivity contribution in [3.8, 4) is 17.6 Å². The Morgan fingerprint density at radius 3 is 2.48 bits per heavy atom. The zero-order chi connectivity index (χ0) is 17.9. The summed E-state index contributed by atoms with van der Waals surface area (Å²) in [4.78, 5) is 4.74. The lowest BCUT2D eigenvalue weighted by atomic mass is 9.85. The van der Waals surface area contributed by atoms with Gasteiger partial charge in [-0.25, -0.2) is 0 Å². The molecule has 0 aromatic heterocycles. The number of hydrogen-bond donors (Lipinski definition) is 1. The molecule has 2 aromatic carbocycles. The third-order valence-corrected chi connectivity index (χ3v) is 4.65. The maximum Gasteiger partial charge on any atom is 0.162 e. The largest absolute Gasteiger partial charge is 0.493 e.